The molecule has 0 aromatic heterocycles. The fourth-order valence-electron chi connectivity index (χ4n) is 4.02. The van der Waals surface area contributed by atoms with Crippen LogP contribution in [0.15, 0.2) is 0 Å². The number of nitrogens with zero attached hydrogens (tertiary/aromatic N) is 2. The van der Waals surface area contributed by atoms with Crippen LogP contribution in [-0.4, -0.2) is 59.3 Å². The summed E-state index contributed by atoms with van der Waals surface area (Å²) in [5, 5.41) is 0. The first-order valence-corrected chi connectivity index (χ1v) is 10.0. The van der Waals surface area contributed by atoms with Gasteiger partial charge in [0, 0.05) is 44.1 Å². The van der Waals surface area contributed by atoms with E-state index in [1.54, 1.807) is 0 Å². The van der Waals surface area contributed by atoms with Gasteiger partial charge in [0.05, 0.1) is 5.92 Å². The molecule has 1 atom stereocenters. The Kier molecular flexibility index (Phi) is 5.66. The third kappa shape index (κ3) is 3.98. The minimum Gasteiger partial charge on any atom is -0.342 e. The van der Waals surface area contributed by atoms with E-state index in [9.17, 15) is 9.59 Å². The van der Waals surface area contributed by atoms with Crippen LogP contribution in [0.4, 0.5) is 0 Å². The molecule has 2 saturated heterocycles. The number of hydrogen-bond donors (Lipinski definition) is 0. The molecule has 2 amide bonds. The van der Waals surface area contributed by atoms with Gasteiger partial charge in [0.1, 0.15) is 0 Å². The Bertz CT molecular complexity index is 403. The van der Waals surface area contributed by atoms with Gasteiger partial charge in [-0.05, 0) is 25.2 Å². The second-order valence-corrected chi connectivity index (χ2v) is 8.20. The Labute approximate surface area is 138 Å². The van der Waals surface area contributed by atoms with E-state index in [4.69, 9.17) is 0 Å². The summed E-state index contributed by atoms with van der Waals surface area (Å²) in [7, 11) is 0. The molecule has 1 saturated carbocycles. The third-order valence-corrected chi connectivity index (χ3v) is 6.32. The predicted octanol–water partition coefficient (Wildman–Crippen LogP) is 2.38. The molecule has 0 aromatic carbocycles. The molecule has 3 rings (SSSR count). The summed E-state index contributed by atoms with van der Waals surface area (Å²) in [4.78, 5) is 28.9. The highest BCUT2D eigenvalue weighted by Crippen LogP contribution is 2.27. The summed E-state index contributed by atoms with van der Waals surface area (Å²) < 4.78 is 0. The molecule has 3 fully saturated rings. The monoisotopic (exact) mass is 324 g/mol. The maximum Gasteiger partial charge on any atom is 0.227 e. The van der Waals surface area contributed by atoms with Gasteiger partial charge in [-0.1, -0.05) is 19.3 Å². The van der Waals surface area contributed by atoms with Crippen LogP contribution < -0.4 is 0 Å². The van der Waals surface area contributed by atoms with Crippen LogP contribution in [0.2, 0.25) is 0 Å². The number of amides is 2. The first kappa shape index (κ1) is 16.2. The lowest BCUT2D eigenvalue weighted by molar-refractivity contribution is -0.143. The molecule has 0 radical (unpaired) electrons. The van der Waals surface area contributed by atoms with Crippen molar-refractivity contribution in [2.75, 3.05) is 37.7 Å². The number of carbonyl (C=O) groups is 2. The van der Waals surface area contributed by atoms with Crippen LogP contribution in [-0.2, 0) is 9.59 Å². The van der Waals surface area contributed by atoms with Crippen LogP contribution in [0.1, 0.15) is 44.9 Å². The average molecular weight is 324 g/mol. The zero-order chi connectivity index (χ0) is 15.4. The highest BCUT2D eigenvalue weighted by molar-refractivity contribution is 7.99. The SMILES string of the molecule is O=C1CC[C@@H](C(=O)N2CCSCC2)CN1CC1CCCCC1. The molecule has 3 aliphatic rings. The second kappa shape index (κ2) is 7.71. The fourth-order valence-corrected chi connectivity index (χ4v) is 4.92. The van der Waals surface area contributed by atoms with Gasteiger partial charge < -0.3 is 9.80 Å². The lowest BCUT2D eigenvalue weighted by Gasteiger charge is -2.38. The summed E-state index contributed by atoms with van der Waals surface area (Å²) in [6.45, 7) is 3.32. The quantitative estimate of drug-likeness (QED) is 0.800. The van der Waals surface area contributed by atoms with E-state index in [0.29, 0.717) is 24.8 Å². The number of carbonyl (C=O) groups excluding carboxylic acids is 2. The van der Waals surface area contributed by atoms with Crippen LogP contribution >= 0.6 is 11.8 Å². The van der Waals surface area contributed by atoms with Gasteiger partial charge in [-0.15, -0.1) is 0 Å². The van der Waals surface area contributed by atoms with Crippen LogP contribution in [0, 0.1) is 11.8 Å². The van der Waals surface area contributed by atoms with Crippen LogP contribution in [0.3, 0.4) is 0 Å². The van der Waals surface area contributed by atoms with E-state index in [1.807, 2.05) is 21.6 Å². The number of hydrogen-bond acceptors (Lipinski definition) is 3. The van der Waals surface area contributed by atoms with Crippen molar-refractivity contribution in [1.82, 2.24) is 9.80 Å². The Hall–Kier alpha value is -0.710. The standard InChI is InChI=1S/C17H28N2O2S/c20-16-7-6-15(17(21)18-8-10-22-11-9-18)13-19(16)12-14-4-2-1-3-5-14/h14-15H,1-13H2/t15-/m1/s1. The Morgan fingerprint density at radius 3 is 2.55 bits per heavy atom. The van der Waals surface area contributed by atoms with Gasteiger partial charge in [0.15, 0.2) is 0 Å². The van der Waals surface area contributed by atoms with Crippen molar-refractivity contribution >= 4 is 23.6 Å². The first-order chi connectivity index (χ1) is 10.7. The molecule has 2 heterocycles. The molecule has 5 heteroatoms. The summed E-state index contributed by atoms with van der Waals surface area (Å²) in [6.07, 6.45) is 7.78. The van der Waals surface area contributed by atoms with Gasteiger partial charge in [-0.25, -0.2) is 0 Å². The zero-order valence-corrected chi connectivity index (χ0v) is 14.3. The molecule has 22 heavy (non-hydrogen) atoms. The number of rotatable bonds is 3. The zero-order valence-electron chi connectivity index (χ0n) is 13.5. The summed E-state index contributed by atoms with van der Waals surface area (Å²) in [5.41, 5.74) is 0. The maximum atomic E-state index is 12.7. The highest BCUT2D eigenvalue weighted by Gasteiger charge is 2.34. The highest BCUT2D eigenvalue weighted by atomic mass is 32.2. The van der Waals surface area contributed by atoms with Crippen LogP contribution in [0.25, 0.3) is 0 Å². The Balaban J connectivity index is 1.55. The molecular formula is C17H28N2O2S. The molecule has 2 aliphatic heterocycles. The fraction of sp³-hybridized carbons (Fsp3) is 0.882. The van der Waals surface area contributed by atoms with E-state index in [0.717, 1.165) is 37.6 Å². The van der Waals surface area contributed by atoms with Crippen molar-refractivity contribution in [3.05, 3.63) is 0 Å². The Morgan fingerprint density at radius 2 is 1.82 bits per heavy atom. The molecule has 0 unspecified atom stereocenters. The molecule has 0 bridgehead atoms. The second-order valence-electron chi connectivity index (χ2n) is 6.98. The molecule has 0 spiro atoms. The smallest absolute Gasteiger partial charge is 0.227 e. The maximum absolute atomic E-state index is 12.7. The molecule has 124 valence electrons. The molecular weight excluding hydrogens is 296 g/mol. The van der Waals surface area contributed by atoms with Gasteiger partial charge >= 0.3 is 0 Å². The van der Waals surface area contributed by atoms with Crippen molar-refractivity contribution in [2.45, 2.75) is 44.9 Å². The van der Waals surface area contributed by atoms with E-state index in [-0.39, 0.29) is 11.8 Å². The van der Waals surface area contributed by atoms with Gasteiger partial charge in [0.2, 0.25) is 11.8 Å². The van der Waals surface area contributed by atoms with Crippen molar-refractivity contribution in [2.24, 2.45) is 11.8 Å². The van der Waals surface area contributed by atoms with E-state index < -0.39 is 0 Å². The van der Waals surface area contributed by atoms with Crippen LogP contribution in [0.5, 0.6) is 0 Å². The third-order valence-electron chi connectivity index (χ3n) is 5.38. The number of piperidine rings is 1. The average Bonchev–Trinajstić information content (AvgIpc) is 2.58. The normalized spacial score (nSPS) is 28.0. The first-order valence-electron chi connectivity index (χ1n) is 8.88. The van der Waals surface area contributed by atoms with Crippen molar-refractivity contribution in [3.8, 4) is 0 Å². The van der Waals surface area contributed by atoms with Crippen molar-refractivity contribution < 1.29 is 9.59 Å². The lowest BCUT2D eigenvalue weighted by atomic mass is 9.87. The van der Waals surface area contributed by atoms with Crippen molar-refractivity contribution in [3.63, 3.8) is 0 Å². The lowest BCUT2D eigenvalue weighted by Crippen LogP contribution is -2.49. The van der Waals surface area contributed by atoms with E-state index in [1.165, 1.54) is 32.1 Å². The summed E-state index contributed by atoms with van der Waals surface area (Å²) in [6, 6.07) is 0. The molecule has 4 nitrogen and oxygen atoms in total. The molecule has 0 N–H and O–H groups in total. The largest absolute Gasteiger partial charge is 0.342 e. The van der Waals surface area contributed by atoms with Crippen molar-refractivity contribution in [1.29, 1.82) is 0 Å². The summed E-state index contributed by atoms with van der Waals surface area (Å²) in [5.74, 6) is 3.39. The molecule has 0 aromatic rings. The van der Waals surface area contributed by atoms with Gasteiger partial charge in [0.25, 0.3) is 0 Å². The topological polar surface area (TPSA) is 40.6 Å². The minimum atomic E-state index is 0.0457. The van der Waals surface area contributed by atoms with Gasteiger partial charge in [-0.3, -0.25) is 9.59 Å². The number of thioether (sulfide) groups is 1. The van der Waals surface area contributed by atoms with E-state index in [2.05, 4.69) is 0 Å². The van der Waals surface area contributed by atoms with Gasteiger partial charge in [-0.2, -0.15) is 11.8 Å². The summed E-state index contributed by atoms with van der Waals surface area (Å²) >= 11 is 1.93. The van der Waals surface area contributed by atoms with E-state index >= 15 is 0 Å². The number of likely N-dealkylation sites (tertiary alicyclic amines) is 1. The molecule has 1 aliphatic carbocycles. The minimum absolute atomic E-state index is 0.0457. The predicted molar refractivity (Wildman–Crippen MR) is 89.8 cm³/mol. The Morgan fingerprint density at radius 1 is 1.09 bits per heavy atom.